The molecule has 0 unspecified atom stereocenters. The van der Waals surface area contributed by atoms with Gasteiger partial charge in [-0.1, -0.05) is 12.1 Å². The van der Waals surface area contributed by atoms with E-state index >= 15 is 0 Å². The van der Waals surface area contributed by atoms with Crippen LogP contribution in [0.1, 0.15) is 11.3 Å². The van der Waals surface area contributed by atoms with E-state index in [1.54, 1.807) is 13.2 Å². The highest BCUT2D eigenvalue weighted by atomic mass is 16.5. The Bertz CT molecular complexity index is 964. The first-order chi connectivity index (χ1) is 12.0. The molecule has 2 aromatic carbocycles. The van der Waals surface area contributed by atoms with Gasteiger partial charge < -0.3 is 15.2 Å². The fraction of sp³-hybridized carbons (Fsp3) is 0.100. The fourth-order valence-corrected chi connectivity index (χ4v) is 2.61. The van der Waals surface area contributed by atoms with Crippen LogP contribution in [-0.4, -0.2) is 23.2 Å². The fourth-order valence-electron chi connectivity index (χ4n) is 2.61. The molecule has 0 atom stereocenters. The molecule has 0 saturated carbocycles. The van der Waals surface area contributed by atoms with Gasteiger partial charge in [0.15, 0.2) is 0 Å². The van der Waals surface area contributed by atoms with Crippen molar-refractivity contribution in [3.63, 3.8) is 0 Å². The summed E-state index contributed by atoms with van der Waals surface area (Å²) in [5, 5.41) is 13.1. The normalized spacial score (nSPS) is 11.0. The summed E-state index contributed by atoms with van der Waals surface area (Å²) in [6.45, 7) is 1.95. The lowest BCUT2D eigenvalue weighted by molar-refractivity contribution is -0.131. The summed E-state index contributed by atoms with van der Waals surface area (Å²) in [5.74, 6) is -0.208. The van der Waals surface area contributed by atoms with Gasteiger partial charge in [0.2, 0.25) is 0 Å². The highest BCUT2D eigenvalue weighted by Gasteiger charge is 2.06. The molecule has 2 N–H and O–H groups in total. The monoisotopic (exact) mass is 334 g/mol. The molecule has 0 aliphatic carbocycles. The molecule has 0 saturated heterocycles. The Labute approximate surface area is 145 Å². The first-order valence-corrected chi connectivity index (χ1v) is 7.78. The maximum absolute atomic E-state index is 10.7. The molecular formula is C20H18N2O3. The lowest BCUT2D eigenvalue weighted by atomic mass is 10.1. The number of rotatable bonds is 5. The van der Waals surface area contributed by atoms with Crippen LogP contribution in [0.3, 0.4) is 0 Å². The van der Waals surface area contributed by atoms with Crippen LogP contribution >= 0.6 is 0 Å². The van der Waals surface area contributed by atoms with Crippen molar-refractivity contribution in [1.82, 2.24) is 4.98 Å². The van der Waals surface area contributed by atoms with Crippen molar-refractivity contribution in [2.75, 3.05) is 12.4 Å². The van der Waals surface area contributed by atoms with E-state index in [1.165, 1.54) is 0 Å². The highest BCUT2D eigenvalue weighted by molar-refractivity contribution is 5.94. The summed E-state index contributed by atoms with van der Waals surface area (Å²) in [6.07, 6.45) is 2.68. The molecule has 0 aliphatic heterocycles. The van der Waals surface area contributed by atoms with Crippen molar-refractivity contribution >= 4 is 34.3 Å². The van der Waals surface area contributed by atoms with E-state index in [-0.39, 0.29) is 0 Å². The highest BCUT2D eigenvalue weighted by Crippen LogP contribution is 2.29. The Hall–Kier alpha value is -3.34. The number of aryl methyl sites for hydroxylation is 1. The van der Waals surface area contributed by atoms with E-state index < -0.39 is 5.97 Å². The minimum atomic E-state index is -0.971. The van der Waals surface area contributed by atoms with E-state index in [1.807, 2.05) is 55.5 Å². The summed E-state index contributed by atoms with van der Waals surface area (Å²) in [5.41, 5.74) is 4.37. The molecular weight excluding hydrogens is 316 g/mol. The van der Waals surface area contributed by atoms with Crippen molar-refractivity contribution in [3.05, 3.63) is 65.9 Å². The van der Waals surface area contributed by atoms with Crippen LogP contribution in [0.2, 0.25) is 0 Å². The predicted molar refractivity (Wildman–Crippen MR) is 99.4 cm³/mol. The van der Waals surface area contributed by atoms with E-state index in [0.717, 1.165) is 45.4 Å². The number of pyridine rings is 1. The number of hydrogen-bond donors (Lipinski definition) is 2. The quantitative estimate of drug-likeness (QED) is 0.677. The molecule has 3 rings (SSSR count). The topological polar surface area (TPSA) is 71.5 Å². The van der Waals surface area contributed by atoms with Crippen molar-refractivity contribution in [2.24, 2.45) is 0 Å². The minimum absolute atomic E-state index is 0.763. The van der Waals surface area contributed by atoms with Crippen LogP contribution in [0.25, 0.3) is 17.0 Å². The van der Waals surface area contributed by atoms with Gasteiger partial charge in [-0.05, 0) is 55.0 Å². The lowest BCUT2D eigenvalue weighted by Gasteiger charge is -2.12. The smallest absolute Gasteiger partial charge is 0.328 e. The molecule has 0 bridgehead atoms. The van der Waals surface area contributed by atoms with E-state index in [2.05, 4.69) is 10.3 Å². The molecule has 0 aliphatic rings. The minimum Gasteiger partial charge on any atom is -0.497 e. The zero-order chi connectivity index (χ0) is 17.8. The predicted octanol–water partition coefficient (Wildman–Crippen LogP) is 4.39. The van der Waals surface area contributed by atoms with Crippen LogP contribution < -0.4 is 10.1 Å². The molecule has 25 heavy (non-hydrogen) atoms. The Morgan fingerprint density at radius 2 is 2.04 bits per heavy atom. The lowest BCUT2D eigenvalue weighted by Crippen LogP contribution is -1.96. The molecule has 0 fully saturated rings. The molecule has 0 radical (unpaired) electrons. The number of anilines is 2. The molecule has 3 aromatic rings. The largest absolute Gasteiger partial charge is 0.497 e. The average Bonchev–Trinajstić information content (AvgIpc) is 2.60. The standard InChI is InChI=1S/C20H18N2O3/c1-13-10-19(17-12-16(25-2)7-8-18(17)21-13)22-15-5-3-4-14(11-15)6-9-20(23)24/h3-12H,1-2H3,(H,21,22)(H,23,24). The number of carboxylic acid groups (broad SMARTS) is 1. The van der Waals surface area contributed by atoms with Crippen molar-refractivity contribution in [3.8, 4) is 5.75 Å². The maximum atomic E-state index is 10.7. The number of nitrogens with zero attached hydrogens (tertiary/aromatic N) is 1. The van der Waals surface area contributed by atoms with Crippen LogP contribution in [0.15, 0.2) is 54.6 Å². The van der Waals surface area contributed by atoms with Crippen molar-refractivity contribution < 1.29 is 14.6 Å². The number of carbonyl (C=O) groups is 1. The third kappa shape index (κ3) is 3.95. The zero-order valence-electron chi connectivity index (χ0n) is 14.0. The molecule has 1 heterocycles. The molecule has 1 aromatic heterocycles. The average molecular weight is 334 g/mol. The number of nitrogens with one attached hydrogen (secondary N) is 1. The third-order valence-corrected chi connectivity index (χ3v) is 3.73. The number of carboxylic acids is 1. The molecule has 5 heteroatoms. The van der Waals surface area contributed by atoms with Crippen LogP contribution in [-0.2, 0) is 4.79 Å². The molecule has 0 amide bonds. The Morgan fingerprint density at radius 1 is 1.20 bits per heavy atom. The SMILES string of the molecule is COc1ccc2nc(C)cc(Nc3cccc(C=CC(=O)O)c3)c2c1. The van der Waals surface area contributed by atoms with Crippen LogP contribution in [0, 0.1) is 6.92 Å². The third-order valence-electron chi connectivity index (χ3n) is 3.73. The Kier molecular flexibility index (Phi) is 4.66. The number of hydrogen-bond acceptors (Lipinski definition) is 4. The number of benzene rings is 2. The van der Waals surface area contributed by atoms with E-state index in [0.29, 0.717) is 0 Å². The number of ether oxygens (including phenoxy) is 1. The summed E-state index contributed by atoms with van der Waals surface area (Å²) < 4.78 is 5.31. The number of fused-ring (bicyclic) bond motifs is 1. The second-order valence-corrected chi connectivity index (χ2v) is 5.62. The summed E-state index contributed by atoms with van der Waals surface area (Å²) in [6, 6.07) is 15.3. The van der Waals surface area contributed by atoms with Crippen molar-refractivity contribution in [1.29, 1.82) is 0 Å². The summed E-state index contributed by atoms with van der Waals surface area (Å²) in [7, 11) is 1.63. The summed E-state index contributed by atoms with van der Waals surface area (Å²) >= 11 is 0. The van der Waals surface area contributed by atoms with Gasteiger partial charge in [0.1, 0.15) is 5.75 Å². The second kappa shape index (κ2) is 7.05. The molecule has 0 spiro atoms. The first kappa shape index (κ1) is 16.5. The zero-order valence-corrected chi connectivity index (χ0v) is 14.0. The van der Waals surface area contributed by atoms with Gasteiger partial charge >= 0.3 is 5.97 Å². The number of aliphatic carboxylic acids is 1. The van der Waals surface area contributed by atoms with E-state index in [4.69, 9.17) is 9.84 Å². The van der Waals surface area contributed by atoms with Gasteiger partial charge in [0.25, 0.3) is 0 Å². The van der Waals surface area contributed by atoms with Gasteiger partial charge in [-0.3, -0.25) is 4.98 Å². The number of methoxy groups -OCH3 is 1. The van der Waals surface area contributed by atoms with Crippen LogP contribution in [0.5, 0.6) is 5.75 Å². The molecule has 5 nitrogen and oxygen atoms in total. The first-order valence-electron chi connectivity index (χ1n) is 7.78. The van der Waals surface area contributed by atoms with Gasteiger partial charge in [-0.15, -0.1) is 0 Å². The van der Waals surface area contributed by atoms with Crippen LogP contribution in [0.4, 0.5) is 11.4 Å². The number of aromatic nitrogens is 1. The van der Waals surface area contributed by atoms with Gasteiger partial charge in [-0.2, -0.15) is 0 Å². The van der Waals surface area contributed by atoms with Gasteiger partial charge in [-0.25, -0.2) is 4.79 Å². The maximum Gasteiger partial charge on any atom is 0.328 e. The second-order valence-electron chi connectivity index (χ2n) is 5.62. The summed E-state index contributed by atoms with van der Waals surface area (Å²) in [4.78, 5) is 15.2. The van der Waals surface area contributed by atoms with Gasteiger partial charge in [0.05, 0.1) is 12.6 Å². The van der Waals surface area contributed by atoms with E-state index in [9.17, 15) is 4.79 Å². The van der Waals surface area contributed by atoms with Gasteiger partial charge in [0, 0.05) is 28.5 Å². The molecule has 126 valence electrons. The van der Waals surface area contributed by atoms with Crippen molar-refractivity contribution in [2.45, 2.75) is 6.92 Å². The Morgan fingerprint density at radius 3 is 2.80 bits per heavy atom. The Balaban J connectivity index is 2.00.